The second-order valence-corrected chi connectivity index (χ2v) is 3.00. The molecular formula is C9H16O4. The smallest absolute Gasteiger partial charge is 0.306 e. The molecule has 4 heteroatoms. The van der Waals surface area contributed by atoms with Crippen molar-refractivity contribution in [2.24, 2.45) is 5.92 Å². The average Bonchev–Trinajstić information content (AvgIpc) is 2.10. The first-order valence-corrected chi connectivity index (χ1v) is 4.46. The Bertz CT molecular complexity index is 176. The first-order valence-electron chi connectivity index (χ1n) is 4.46. The van der Waals surface area contributed by atoms with Crippen molar-refractivity contribution in [3.05, 3.63) is 0 Å². The summed E-state index contributed by atoms with van der Waals surface area (Å²) in [6, 6.07) is 0. The first-order chi connectivity index (χ1) is 6.07. The molecule has 0 saturated carbocycles. The van der Waals surface area contributed by atoms with Gasteiger partial charge in [-0.1, -0.05) is 13.8 Å². The molecule has 1 N–H and O–H groups in total. The van der Waals surface area contributed by atoms with Gasteiger partial charge >= 0.3 is 11.9 Å². The van der Waals surface area contributed by atoms with E-state index in [2.05, 4.69) is 0 Å². The molecule has 0 aliphatic heterocycles. The van der Waals surface area contributed by atoms with Gasteiger partial charge in [0.1, 0.15) is 0 Å². The number of esters is 1. The van der Waals surface area contributed by atoms with E-state index >= 15 is 0 Å². The molecule has 0 aliphatic rings. The Labute approximate surface area is 77.9 Å². The second kappa shape index (κ2) is 6.46. The van der Waals surface area contributed by atoms with Crippen LogP contribution in [0.5, 0.6) is 0 Å². The maximum atomic E-state index is 10.9. The van der Waals surface area contributed by atoms with Gasteiger partial charge in [0.05, 0.1) is 12.5 Å². The number of rotatable bonds is 6. The lowest BCUT2D eigenvalue weighted by Crippen LogP contribution is -2.13. The summed E-state index contributed by atoms with van der Waals surface area (Å²) in [5, 5.41) is 8.52. The zero-order valence-electron chi connectivity index (χ0n) is 8.08. The molecule has 0 fully saturated rings. The Hall–Kier alpha value is -1.06. The largest absolute Gasteiger partial charge is 0.481 e. The second-order valence-electron chi connectivity index (χ2n) is 3.00. The Balaban J connectivity index is 3.52. The van der Waals surface area contributed by atoms with Gasteiger partial charge in [0, 0.05) is 6.42 Å². The molecule has 76 valence electrons. The summed E-state index contributed by atoms with van der Waals surface area (Å²) in [7, 11) is 0. The van der Waals surface area contributed by atoms with Gasteiger partial charge in [0.15, 0.2) is 0 Å². The van der Waals surface area contributed by atoms with Gasteiger partial charge in [-0.05, 0) is 12.8 Å². The fourth-order valence-electron chi connectivity index (χ4n) is 0.746. The number of carboxylic acid groups (broad SMARTS) is 1. The molecule has 0 rings (SSSR count). The van der Waals surface area contributed by atoms with Crippen LogP contribution in [0.3, 0.4) is 0 Å². The zero-order valence-corrected chi connectivity index (χ0v) is 8.08. The van der Waals surface area contributed by atoms with Gasteiger partial charge in [-0.2, -0.15) is 0 Å². The summed E-state index contributed by atoms with van der Waals surface area (Å²) in [4.78, 5) is 21.3. The van der Waals surface area contributed by atoms with Gasteiger partial charge in [0.2, 0.25) is 0 Å². The van der Waals surface area contributed by atoms with Gasteiger partial charge < -0.3 is 9.84 Å². The molecule has 1 unspecified atom stereocenters. The lowest BCUT2D eigenvalue weighted by molar-refractivity contribution is -0.145. The average molecular weight is 188 g/mol. The fraction of sp³-hybridized carbons (Fsp3) is 0.778. The van der Waals surface area contributed by atoms with E-state index in [4.69, 9.17) is 9.84 Å². The number of ether oxygens (including phenoxy) is 1. The van der Waals surface area contributed by atoms with E-state index in [1.165, 1.54) is 0 Å². The fourth-order valence-corrected chi connectivity index (χ4v) is 0.746. The SMILES string of the molecule is CCCOC(=O)CCC(C)C(=O)O. The topological polar surface area (TPSA) is 63.6 Å². The highest BCUT2D eigenvalue weighted by atomic mass is 16.5. The molecule has 4 nitrogen and oxygen atoms in total. The molecule has 0 aromatic carbocycles. The predicted octanol–water partition coefficient (Wildman–Crippen LogP) is 1.44. The normalized spacial score (nSPS) is 12.2. The number of aliphatic carboxylic acids is 1. The Kier molecular flexibility index (Phi) is 5.93. The molecule has 0 bridgehead atoms. The van der Waals surface area contributed by atoms with Crippen LogP contribution in [-0.4, -0.2) is 23.7 Å². The van der Waals surface area contributed by atoms with E-state index < -0.39 is 11.9 Å². The minimum absolute atomic E-state index is 0.188. The van der Waals surface area contributed by atoms with Gasteiger partial charge in [-0.25, -0.2) is 0 Å². The molecular weight excluding hydrogens is 172 g/mol. The number of carboxylic acids is 1. The molecule has 1 atom stereocenters. The van der Waals surface area contributed by atoms with Crippen LogP contribution in [0, 0.1) is 5.92 Å². The third-order valence-corrected chi connectivity index (χ3v) is 1.67. The van der Waals surface area contributed by atoms with E-state index in [9.17, 15) is 9.59 Å². The number of carbonyl (C=O) groups is 2. The van der Waals surface area contributed by atoms with Crippen molar-refractivity contribution in [1.29, 1.82) is 0 Å². The van der Waals surface area contributed by atoms with Crippen LogP contribution in [0.2, 0.25) is 0 Å². The van der Waals surface area contributed by atoms with Crippen molar-refractivity contribution in [2.75, 3.05) is 6.61 Å². The Morgan fingerprint density at radius 3 is 2.54 bits per heavy atom. The van der Waals surface area contributed by atoms with Gasteiger partial charge in [0.25, 0.3) is 0 Å². The number of hydrogen-bond acceptors (Lipinski definition) is 3. The molecule has 0 heterocycles. The van der Waals surface area contributed by atoms with E-state index in [1.54, 1.807) is 6.92 Å². The van der Waals surface area contributed by atoms with Crippen molar-refractivity contribution in [1.82, 2.24) is 0 Å². The third-order valence-electron chi connectivity index (χ3n) is 1.67. The van der Waals surface area contributed by atoms with Crippen LogP contribution in [0.1, 0.15) is 33.1 Å². The van der Waals surface area contributed by atoms with Gasteiger partial charge in [-0.15, -0.1) is 0 Å². The summed E-state index contributed by atoms with van der Waals surface area (Å²) < 4.78 is 4.79. The standard InChI is InChI=1S/C9H16O4/c1-3-6-13-8(10)5-4-7(2)9(11)12/h7H,3-6H2,1-2H3,(H,11,12). The molecule has 0 aliphatic carbocycles. The predicted molar refractivity (Wildman–Crippen MR) is 47.3 cm³/mol. The lowest BCUT2D eigenvalue weighted by Gasteiger charge is -2.05. The lowest BCUT2D eigenvalue weighted by atomic mass is 10.1. The highest BCUT2D eigenvalue weighted by Crippen LogP contribution is 2.06. The first kappa shape index (κ1) is 11.9. The van der Waals surface area contributed by atoms with E-state index in [0.717, 1.165) is 6.42 Å². The summed E-state index contributed by atoms with van der Waals surface area (Å²) in [6.07, 6.45) is 1.32. The zero-order chi connectivity index (χ0) is 10.3. The van der Waals surface area contributed by atoms with E-state index in [1.807, 2.05) is 6.92 Å². The van der Waals surface area contributed by atoms with Crippen LogP contribution in [0.15, 0.2) is 0 Å². The molecule has 0 spiro atoms. The van der Waals surface area contributed by atoms with Crippen LogP contribution >= 0.6 is 0 Å². The monoisotopic (exact) mass is 188 g/mol. The summed E-state index contributed by atoms with van der Waals surface area (Å²) >= 11 is 0. The molecule has 0 radical (unpaired) electrons. The Morgan fingerprint density at radius 2 is 2.08 bits per heavy atom. The molecule has 0 aromatic rings. The number of hydrogen-bond donors (Lipinski definition) is 1. The van der Waals surface area contributed by atoms with E-state index in [0.29, 0.717) is 13.0 Å². The molecule has 0 aromatic heterocycles. The highest BCUT2D eigenvalue weighted by Gasteiger charge is 2.13. The highest BCUT2D eigenvalue weighted by molar-refractivity contribution is 5.72. The van der Waals surface area contributed by atoms with Crippen LogP contribution in [0.25, 0.3) is 0 Å². The van der Waals surface area contributed by atoms with Crippen molar-refractivity contribution in [3.63, 3.8) is 0 Å². The molecule has 13 heavy (non-hydrogen) atoms. The minimum Gasteiger partial charge on any atom is -0.481 e. The molecule has 0 saturated heterocycles. The quantitative estimate of drug-likeness (QED) is 0.640. The summed E-state index contributed by atoms with van der Waals surface area (Å²) in [5.41, 5.74) is 0. The van der Waals surface area contributed by atoms with E-state index in [-0.39, 0.29) is 12.4 Å². The number of carbonyl (C=O) groups excluding carboxylic acids is 1. The van der Waals surface area contributed by atoms with Crippen LogP contribution in [-0.2, 0) is 14.3 Å². The third kappa shape index (κ3) is 6.13. The molecule has 0 amide bonds. The Morgan fingerprint density at radius 1 is 1.46 bits per heavy atom. The van der Waals surface area contributed by atoms with Gasteiger partial charge in [-0.3, -0.25) is 9.59 Å². The van der Waals surface area contributed by atoms with Crippen molar-refractivity contribution in [3.8, 4) is 0 Å². The van der Waals surface area contributed by atoms with Crippen molar-refractivity contribution < 1.29 is 19.4 Å². The minimum atomic E-state index is -0.872. The van der Waals surface area contributed by atoms with Crippen LogP contribution < -0.4 is 0 Å². The summed E-state index contributed by atoms with van der Waals surface area (Å²) in [5.74, 6) is -1.66. The van der Waals surface area contributed by atoms with Crippen molar-refractivity contribution in [2.45, 2.75) is 33.1 Å². The maximum Gasteiger partial charge on any atom is 0.306 e. The van der Waals surface area contributed by atoms with Crippen molar-refractivity contribution >= 4 is 11.9 Å². The maximum absolute atomic E-state index is 10.9. The van der Waals surface area contributed by atoms with Crippen LogP contribution in [0.4, 0.5) is 0 Å². The summed E-state index contributed by atoms with van der Waals surface area (Å²) in [6.45, 7) is 3.91.